The van der Waals surface area contributed by atoms with Crippen LogP contribution in [-0.4, -0.2) is 12.1 Å². The Hall–Kier alpha value is -0.860. The van der Waals surface area contributed by atoms with E-state index >= 15 is 0 Å². The van der Waals surface area contributed by atoms with Gasteiger partial charge in [-0.15, -0.1) is 0 Å². The molecule has 0 aliphatic rings. The predicted molar refractivity (Wildman–Crippen MR) is 63.8 cm³/mol. The summed E-state index contributed by atoms with van der Waals surface area (Å²) < 4.78 is 5.75. The van der Waals surface area contributed by atoms with Gasteiger partial charge in [-0.2, -0.15) is 0 Å². The highest BCUT2D eigenvalue weighted by molar-refractivity contribution is 5.28. The molecule has 2 heteroatoms. The Bertz CT molecular complexity index is 311. The van der Waals surface area contributed by atoms with Crippen LogP contribution in [0, 0.1) is 13.8 Å². The summed E-state index contributed by atoms with van der Waals surface area (Å²) >= 11 is 0. The summed E-state index contributed by atoms with van der Waals surface area (Å²) in [5.74, 6) is 0. The molecule has 0 aliphatic heterocycles. The van der Waals surface area contributed by atoms with E-state index in [1.807, 2.05) is 13.8 Å². The number of aryl methyl sites for hydroxylation is 2. The molecule has 0 saturated heterocycles. The van der Waals surface area contributed by atoms with Gasteiger partial charge in [-0.05, 0) is 33.3 Å². The van der Waals surface area contributed by atoms with E-state index < -0.39 is 0 Å². The standard InChI is InChI=1S/C13H21NO/c1-10-5-11(2)7-12(6-10)8-15-13(3,4)9-14/h5-7H,8-9,14H2,1-4H3. The zero-order chi connectivity index (χ0) is 11.5. The molecule has 0 spiro atoms. The van der Waals surface area contributed by atoms with Crippen molar-refractivity contribution in [1.29, 1.82) is 0 Å². The van der Waals surface area contributed by atoms with E-state index in [0.717, 1.165) is 0 Å². The maximum absolute atomic E-state index is 5.75. The number of benzene rings is 1. The molecule has 1 aromatic carbocycles. The lowest BCUT2D eigenvalue weighted by molar-refractivity contribution is -0.0222. The van der Waals surface area contributed by atoms with E-state index in [9.17, 15) is 0 Å². The van der Waals surface area contributed by atoms with E-state index in [2.05, 4.69) is 32.0 Å². The summed E-state index contributed by atoms with van der Waals surface area (Å²) in [4.78, 5) is 0. The number of nitrogens with two attached hydrogens (primary N) is 1. The van der Waals surface area contributed by atoms with Crippen LogP contribution >= 0.6 is 0 Å². The Morgan fingerprint density at radius 2 is 1.67 bits per heavy atom. The fourth-order valence-electron chi connectivity index (χ4n) is 1.49. The second kappa shape index (κ2) is 4.77. The fraction of sp³-hybridized carbons (Fsp3) is 0.538. The quantitative estimate of drug-likeness (QED) is 0.823. The summed E-state index contributed by atoms with van der Waals surface area (Å²) in [6.07, 6.45) is 0. The molecule has 0 bridgehead atoms. The highest BCUT2D eigenvalue weighted by atomic mass is 16.5. The average Bonchev–Trinajstić information content (AvgIpc) is 2.14. The Balaban J connectivity index is 2.65. The van der Waals surface area contributed by atoms with Crippen molar-refractivity contribution in [1.82, 2.24) is 0 Å². The zero-order valence-corrected chi connectivity index (χ0v) is 10.1. The summed E-state index contributed by atoms with van der Waals surface area (Å²) in [6, 6.07) is 6.47. The molecule has 0 heterocycles. The first-order valence-electron chi connectivity index (χ1n) is 5.34. The second-order valence-corrected chi connectivity index (χ2v) is 4.75. The van der Waals surface area contributed by atoms with Crippen molar-refractivity contribution in [3.63, 3.8) is 0 Å². The lowest BCUT2D eigenvalue weighted by Gasteiger charge is -2.23. The molecule has 0 amide bonds. The Labute approximate surface area is 92.4 Å². The van der Waals surface area contributed by atoms with E-state index in [1.54, 1.807) is 0 Å². The third kappa shape index (κ3) is 4.02. The van der Waals surface area contributed by atoms with Crippen molar-refractivity contribution in [2.24, 2.45) is 5.73 Å². The molecule has 0 radical (unpaired) electrons. The Kier molecular flexibility index (Phi) is 3.89. The van der Waals surface area contributed by atoms with Gasteiger partial charge in [0.05, 0.1) is 12.2 Å². The normalized spacial score (nSPS) is 11.8. The number of hydrogen-bond acceptors (Lipinski definition) is 2. The van der Waals surface area contributed by atoms with E-state index in [0.29, 0.717) is 13.2 Å². The monoisotopic (exact) mass is 207 g/mol. The van der Waals surface area contributed by atoms with Gasteiger partial charge in [0.15, 0.2) is 0 Å². The molecule has 0 fully saturated rings. The van der Waals surface area contributed by atoms with E-state index in [1.165, 1.54) is 16.7 Å². The van der Waals surface area contributed by atoms with Crippen molar-refractivity contribution >= 4 is 0 Å². The van der Waals surface area contributed by atoms with Crippen LogP contribution in [0.5, 0.6) is 0 Å². The van der Waals surface area contributed by atoms with Crippen molar-refractivity contribution < 1.29 is 4.74 Å². The average molecular weight is 207 g/mol. The number of hydrogen-bond donors (Lipinski definition) is 1. The summed E-state index contributed by atoms with van der Waals surface area (Å²) in [5.41, 5.74) is 9.14. The van der Waals surface area contributed by atoms with Crippen LogP contribution in [0.25, 0.3) is 0 Å². The number of rotatable bonds is 4. The van der Waals surface area contributed by atoms with Gasteiger partial charge in [-0.3, -0.25) is 0 Å². The SMILES string of the molecule is Cc1cc(C)cc(COC(C)(C)CN)c1. The minimum Gasteiger partial charge on any atom is -0.370 e. The molecule has 0 unspecified atom stereocenters. The number of ether oxygens (including phenoxy) is 1. The fourth-order valence-corrected chi connectivity index (χ4v) is 1.49. The first kappa shape index (κ1) is 12.2. The van der Waals surface area contributed by atoms with E-state index in [4.69, 9.17) is 10.5 Å². The largest absolute Gasteiger partial charge is 0.370 e. The van der Waals surface area contributed by atoms with Crippen LogP contribution in [-0.2, 0) is 11.3 Å². The van der Waals surface area contributed by atoms with E-state index in [-0.39, 0.29) is 5.60 Å². The minimum atomic E-state index is -0.238. The maximum Gasteiger partial charge on any atom is 0.0752 e. The molecule has 1 aromatic rings. The van der Waals surface area contributed by atoms with Gasteiger partial charge in [0.2, 0.25) is 0 Å². The molecule has 0 aliphatic carbocycles. The highest BCUT2D eigenvalue weighted by Crippen LogP contribution is 2.14. The second-order valence-electron chi connectivity index (χ2n) is 4.75. The van der Waals surface area contributed by atoms with Crippen molar-refractivity contribution in [3.8, 4) is 0 Å². The first-order valence-corrected chi connectivity index (χ1v) is 5.34. The molecule has 1 rings (SSSR count). The third-order valence-corrected chi connectivity index (χ3v) is 2.40. The smallest absolute Gasteiger partial charge is 0.0752 e. The van der Waals surface area contributed by atoms with Crippen LogP contribution in [0.3, 0.4) is 0 Å². The lowest BCUT2D eigenvalue weighted by Crippen LogP contribution is -2.33. The van der Waals surface area contributed by atoms with Gasteiger partial charge in [-0.25, -0.2) is 0 Å². The van der Waals surface area contributed by atoms with Crippen LogP contribution in [0.4, 0.5) is 0 Å². The topological polar surface area (TPSA) is 35.2 Å². The van der Waals surface area contributed by atoms with Gasteiger partial charge >= 0.3 is 0 Å². The van der Waals surface area contributed by atoms with Gasteiger partial charge in [0.25, 0.3) is 0 Å². The maximum atomic E-state index is 5.75. The molecule has 2 N–H and O–H groups in total. The summed E-state index contributed by atoms with van der Waals surface area (Å²) in [6.45, 7) is 9.39. The van der Waals surface area contributed by atoms with Crippen molar-refractivity contribution in [2.45, 2.75) is 39.9 Å². The molecule has 0 aromatic heterocycles. The highest BCUT2D eigenvalue weighted by Gasteiger charge is 2.15. The molecule has 0 saturated carbocycles. The molecule has 15 heavy (non-hydrogen) atoms. The lowest BCUT2D eigenvalue weighted by atomic mass is 10.1. The van der Waals surface area contributed by atoms with Gasteiger partial charge in [0, 0.05) is 6.54 Å². The van der Waals surface area contributed by atoms with Crippen molar-refractivity contribution in [3.05, 3.63) is 34.9 Å². The van der Waals surface area contributed by atoms with Gasteiger partial charge < -0.3 is 10.5 Å². The van der Waals surface area contributed by atoms with Gasteiger partial charge in [0.1, 0.15) is 0 Å². The summed E-state index contributed by atoms with van der Waals surface area (Å²) in [5, 5.41) is 0. The van der Waals surface area contributed by atoms with Crippen LogP contribution in [0.15, 0.2) is 18.2 Å². The predicted octanol–water partition coefficient (Wildman–Crippen LogP) is 2.56. The Morgan fingerprint density at radius 1 is 1.13 bits per heavy atom. The molecular formula is C13H21NO. The first-order chi connectivity index (χ1) is 6.93. The third-order valence-electron chi connectivity index (χ3n) is 2.40. The van der Waals surface area contributed by atoms with Crippen LogP contribution in [0.2, 0.25) is 0 Å². The minimum absolute atomic E-state index is 0.238. The summed E-state index contributed by atoms with van der Waals surface area (Å²) in [7, 11) is 0. The molecular weight excluding hydrogens is 186 g/mol. The van der Waals surface area contributed by atoms with Crippen LogP contribution in [0.1, 0.15) is 30.5 Å². The zero-order valence-electron chi connectivity index (χ0n) is 10.1. The Morgan fingerprint density at radius 3 is 2.13 bits per heavy atom. The van der Waals surface area contributed by atoms with Crippen LogP contribution < -0.4 is 5.73 Å². The molecule has 84 valence electrons. The van der Waals surface area contributed by atoms with Crippen molar-refractivity contribution in [2.75, 3.05) is 6.54 Å². The van der Waals surface area contributed by atoms with Gasteiger partial charge in [-0.1, -0.05) is 29.3 Å². The molecule has 2 nitrogen and oxygen atoms in total. The molecule has 0 atom stereocenters.